The van der Waals surface area contributed by atoms with E-state index in [1.807, 2.05) is 0 Å². The molecule has 0 radical (unpaired) electrons. The zero-order valence-corrected chi connectivity index (χ0v) is 15.5. The lowest BCUT2D eigenvalue weighted by atomic mass is 10.2. The maximum absolute atomic E-state index is 12.2. The second-order valence-corrected chi connectivity index (χ2v) is 7.45. The highest BCUT2D eigenvalue weighted by Gasteiger charge is 2.33. The first-order chi connectivity index (χ1) is 11.9. The summed E-state index contributed by atoms with van der Waals surface area (Å²) in [4.78, 5) is 24.4. The topological polar surface area (TPSA) is 70.8 Å². The van der Waals surface area contributed by atoms with Crippen LogP contribution in [0.25, 0.3) is 17.4 Å². The summed E-state index contributed by atoms with van der Waals surface area (Å²) in [6.07, 6.45) is 1.51. The molecule has 1 aliphatic heterocycles. The number of halogens is 2. The largest absolute Gasteiger partial charge is 0.480 e. The van der Waals surface area contributed by atoms with Crippen molar-refractivity contribution >= 4 is 69.5 Å². The number of rotatable bonds is 4. The summed E-state index contributed by atoms with van der Waals surface area (Å²) < 4.78 is 5.90. The lowest BCUT2D eigenvalue weighted by Crippen LogP contribution is -2.33. The third-order valence-electron chi connectivity index (χ3n) is 3.28. The molecule has 1 fully saturated rings. The van der Waals surface area contributed by atoms with Crippen molar-refractivity contribution < 1.29 is 19.1 Å². The molecule has 25 heavy (non-hydrogen) atoms. The number of hydrogen-bond donors (Lipinski definition) is 1. The Bertz CT molecular complexity index is 902. The van der Waals surface area contributed by atoms with E-state index >= 15 is 0 Å². The Hall–Kier alpha value is -1.80. The third-order valence-corrected chi connectivity index (χ3v) is 5.28. The number of carboxylic acids is 1. The number of aliphatic carboxylic acids is 1. The summed E-state index contributed by atoms with van der Waals surface area (Å²) in [5, 5.41) is 9.73. The van der Waals surface area contributed by atoms with Crippen LogP contribution in [0.4, 0.5) is 0 Å². The van der Waals surface area contributed by atoms with Crippen LogP contribution >= 0.6 is 47.2 Å². The fraction of sp³-hybridized carbons (Fsp3) is 0.0625. The summed E-state index contributed by atoms with van der Waals surface area (Å²) in [6.45, 7) is -0.472. The van der Waals surface area contributed by atoms with Gasteiger partial charge in [-0.3, -0.25) is 14.5 Å². The Balaban J connectivity index is 1.89. The van der Waals surface area contributed by atoms with Crippen LogP contribution in [0.5, 0.6) is 0 Å². The van der Waals surface area contributed by atoms with E-state index in [-0.39, 0.29) is 9.23 Å². The first-order valence-corrected chi connectivity index (χ1v) is 8.86. The lowest BCUT2D eigenvalue weighted by Gasteiger charge is -2.09. The van der Waals surface area contributed by atoms with Gasteiger partial charge in [0.1, 0.15) is 22.4 Å². The number of furan rings is 1. The molecular weight excluding hydrogens is 405 g/mol. The molecule has 5 nitrogen and oxygen atoms in total. The number of carbonyl (C=O) groups excluding carboxylic acids is 1. The van der Waals surface area contributed by atoms with Crippen LogP contribution in [0.3, 0.4) is 0 Å². The molecule has 1 aromatic carbocycles. The van der Waals surface area contributed by atoms with E-state index in [9.17, 15) is 9.59 Å². The Morgan fingerprint density at radius 2 is 1.96 bits per heavy atom. The van der Waals surface area contributed by atoms with Crippen LogP contribution in [-0.4, -0.2) is 32.7 Å². The molecule has 0 unspecified atom stereocenters. The minimum Gasteiger partial charge on any atom is -0.480 e. The normalized spacial score (nSPS) is 16.1. The van der Waals surface area contributed by atoms with E-state index in [1.54, 1.807) is 30.3 Å². The third kappa shape index (κ3) is 3.74. The molecule has 0 atom stereocenters. The van der Waals surface area contributed by atoms with Crippen molar-refractivity contribution in [2.45, 2.75) is 0 Å². The van der Waals surface area contributed by atoms with Crippen molar-refractivity contribution in [2.24, 2.45) is 0 Å². The Labute approximate surface area is 162 Å². The molecule has 0 spiro atoms. The smallest absolute Gasteiger partial charge is 0.323 e. The maximum Gasteiger partial charge on any atom is 0.323 e. The van der Waals surface area contributed by atoms with E-state index in [2.05, 4.69) is 0 Å². The van der Waals surface area contributed by atoms with Gasteiger partial charge in [-0.1, -0.05) is 53.2 Å². The average Bonchev–Trinajstić information content (AvgIpc) is 3.08. The number of thioether (sulfide) groups is 1. The second kappa shape index (κ2) is 7.21. The van der Waals surface area contributed by atoms with Crippen molar-refractivity contribution in [3.8, 4) is 11.3 Å². The average molecular weight is 414 g/mol. The fourth-order valence-corrected chi connectivity index (χ4v) is 4.02. The second-order valence-electron chi connectivity index (χ2n) is 4.96. The first-order valence-electron chi connectivity index (χ1n) is 6.88. The standard InChI is InChI=1S/C16H9Cl2NO4S2/c17-9-2-1-3-10(18)14(9)11-5-4-8(23-11)6-12-15(22)19(7-13(20)21)16(24)25-12/h1-6H,7H2,(H,20,21)/b12-6+. The quantitative estimate of drug-likeness (QED) is 0.585. The summed E-state index contributed by atoms with van der Waals surface area (Å²) in [6, 6.07) is 8.48. The van der Waals surface area contributed by atoms with Gasteiger partial charge in [-0.05, 0) is 24.3 Å². The maximum atomic E-state index is 12.2. The molecule has 0 saturated carbocycles. The van der Waals surface area contributed by atoms with Gasteiger partial charge in [0.2, 0.25) is 0 Å². The molecule has 2 heterocycles. The van der Waals surface area contributed by atoms with Crippen LogP contribution in [0.15, 0.2) is 39.7 Å². The van der Waals surface area contributed by atoms with Gasteiger partial charge in [0.15, 0.2) is 0 Å². The zero-order chi connectivity index (χ0) is 18.1. The molecule has 128 valence electrons. The number of amides is 1. The summed E-state index contributed by atoms with van der Waals surface area (Å²) >= 11 is 18.4. The molecule has 0 bridgehead atoms. The molecule has 1 N–H and O–H groups in total. The van der Waals surface area contributed by atoms with Gasteiger partial charge >= 0.3 is 5.97 Å². The van der Waals surface area contributed by atoms with Crippen LogP contribution in [0.2, 0.25) is 10.0 Å². The van der Waals surface area contributed by atoms with E-state index < -0.39 is 18.4 Å². The van der Waals surface area contributed by atoms with Crippen molar-refractivity contribution in [2.75, 3.05) is 6.54 Å². The molecule has 1 aliphatic rings. The molecule has 1 aromatic heterocycles. The minimum absolute atomic E-state index is 0.194. The minimum atomic E-state index is -1.13. The van der Waals surface area contributed by atoms with E-state index in [0.717, 1.165) is 16.7 Å². The Kier molecular flexibility index (Phi) is 5.19. The van der Waals surface area contributed by atoms with Gasteiger partial charge < -0.3 is 9.52 Å². The highest BCUT2D eigenvalue weighted by atomic mass is 35.5. The van der Waals surface area contributed by atoms with E-state index in [4.69, 9.17) is 44.9 Å². The van der Waals surface area contributed by atoms with Gasteiger partial charge in [0.25, 0.3) is 5.91 Å². The number of carboxylic acid groups (broad SMARTS) is 1. The van der Waals surface area contributed by atoms with Crippen LogP contribution < -0.4 is 0 Å². The van der Waals surface area contributed by atoms with Gasteiger partial charge in [-0.25, -0.2) is 0 Å². The molecular formula is C16H9Cl2NO4S2. The molecule has 2 aromatic rings. The van der Waals surface area contributed by atoms with E-state index in [0.29, 0.717) is 27.1 Å². The van der Waals surface area contributed by atoms with Gasteiger partial charge in [0.05, 0.1) is 20.5 Å². The van der Waals surface area contributed by atoms with Gasteiger partial charge in [0, 0.05) is 6.08 Å². The Morgan fingerprint density at radius 3 is 2.60 bits per heavy atom. The summed E-state index contributed by atoms with van der Waals surface area (Å²) in [7, 11) is 0. The predicted octanol–water partition coefficient (Wildman–Crippen LogP) is 4.54. The molecule has 1 saturated heterocycles. The predicted molar refractivity (Wildman–Crippen MR) is 102 cm³/mol. The number of thiocarbonyl (C=S) groups is 1. The highest BCUT2D eigenvalue weighted by molar-refractivity contribution is 8.26. The fourth-order valence-electron chi connectivity index (χ4n) is 2.20. The summed E-state index contributed by atoms with van der Waals surface area (Å²) in [5.41, 5.74) is 0.559. The van der Waals surface area contributed by atoms with Gasteiger partial charge in [-0.2, -0.15) is 0 Å². The van der Waals surface area contributed by atoms with Crippen molar-refractivity contribution in [3.05, 3.63) is 51.0 Å². The van der Waals surface area contributed by atoms with Crippen LogP contribution in [0.1, 0.15) is 5.76 Å². The van der Waals surface area contributed by atoms with Crippen LogP contribution in [0, 0.1) is 0 Å². The van der Waals surface area contributed by atoms with Crippen molar-refractivity contribution in [1.82, 2.24) is 4.90 Å². The van der Waals surface area contributed by atoms with Crippen molar-refractivity contribution in [1.29, 1.82) is 0 Å². The SMILES string of the molecule is O=C(O)CN1C(=O)/C(=C\c2ccc(-c3c(Cl)cccc3Cl)o2)SC1=S. The number of hydrogen-bond acceptors (Lipinski definition) is 5. The first kappa shape index (κ1) is 18.0. The zero-order valence-electron chi connectivity index (χ0n) is 12.4. The number of carbonyl (C=O) groups is 2. The molecule has 3 rings (SSSR count). The highest BCUT2D eigenvalue weighted by Crippen LogP contribution is 2.37. The van der Waals surface area contributed by atoms with Gasteiger partial charge in [-0.15, -0.1) is 0 Å². The number of benzene rings is 1. The summed E-state index contributed by atoms with van der Waals surface area (Å²) in [5.74, 6) is -0.734. The van der Waals surface area contributed by atoms with Crippen molar-refractivity contribution in [3.63, 3.8) is 0 Å². The lowest BCUT2D eigenvalue weighted by molar-refractivity contribution is -0.140. The number of nitrogens with zero attached hydrogens (tertiary/aromatic N) is 1. The van der Waals surface area contributed by atoms with Crippen LogP contribution in [-0.2, 0) is 9.59 Å². The molecule has 0 aliphatic carbocycles. The van der Waals surface area contributed by atoms with E-state index in [1.165, 1.54) is 6.08 Å². The molecule has 9 heteroatoms. The monoisotopic (exact) mass is 413 g/mol. The Morgan fingerprint density at radius 1 is 1.28 bits per heavy atom. The molecule has 1 amide bonds.